The Morgan fingerprint density at radius 1 is 1.26 bits per heavy atom. The van der Waals surface area contributed by atoms with E-state index in [1.54, 1.807) is 27.2 Å². The van der Waals surface area contributed by atoms with E-state index in [1.165, 1.54) is 0 Å². The number of carbonyl (C=O) groups is 1. The van der Waals surface area contributed by atoms with Gasteiger partial charge in [-0.2, -0.15) is 4.98 Å². The third-order valence-electron chi connectivity index (χ3n) is 3.13. The molecule has 0 unspecified atom stereocenters. The van der Waals surface area contributed by atoms with Gasteiger partial charge in [0.05, 0.1) is 14.2 Å². The molecular formula is C15H20N4O4. The fourth-order valence-electron chi connectivity index (χ4n) is 1.96. The molecule has 1 aromatic heterocycles. The molecule has 0 fully saturated rings. The fourth-order valence-corrected chi connectivity index (χ4v) is 1.96. The van der Waals surface area contributed by atoms with Crippen LogP contribution in [0.5, 0.6) is 11.5 Å². The van der Waals surface area contributed by atoms with Crippen molar-refractivity contribution in [3.05, 3.63) is 35.5 Å². The van der Waals surface area contributed by atoms with Gasteiger partial charge in [0.25, 0.3) is 0 Å². The molecule has 0 radical (unpaired) electrons. The maximum absolute atomic E-state index is 11.8. The zero-order chi connectivity index (χ0) is 16.7. The number of amides is 2. The third kappa shape index (κ3) is 4.87. The van der Waals surface area contributed by atoms with Crippen molar-refractivity contribution in [1.82, 2.24) is 20.8 Å². The molecule has 0 saturated carbocycles. The smallest absolute Gasteiger partial charge is 0.315 e. The molecule has 0 bridgehead atoms. The Bertz CT molecular complexity index is 657. The minimum Gasteiger partial charge on any atom is -0.497 e. The first-order valence-corrected chi connectivity index (χ1v) is 7.14. The second-order valence-electron chi connectivity index (χ2n) is 4.77. The predicted octanol–water partition coefficient (Wildman–Crippen LogP) is 1.44. The van der Waals surface area contributed by atoms with Crippen LogP contribution in [-0.2, 0) is 13.0 Å². The second kappa shape index (κ2) is 8.02. The number of carbonyl (C=O) groups excluding carboxylic acids is 1. The Labute approximate surface area is 134 Å². The average molecular weight is 320 g/mol. The summed E-state index contributed by atoms with van der Waals surface area (Å²) in [6.07, 6.45) is 0.486. The molecule has 0 spiro atoms. The standard InChI is InChI=1S/C15H20N4O4/c1-10-18-14(23-19-10)6-7-16-15(20)17-9-11-4-5-12(21-2)8-13(11)22-3/h4-5,8H,6-7,9H2,1-3H3,(H2,16,17,20). The van der Waals surface area contributed by atoms with Crippen molar-refractivity contribution in [2.45, 2.75) is 19.9 Å². The molecule has 124 valence electrons. The summed E-state index contributed by atoms with van der Waals surface area (Å²) in [5.74, 6) is 2.44. The normalized spacial score (nSPS) is 10.2. The van der Waals surface area contributed by atoms with Gasteiger partial charge >= 0.3 is 6.03 Å². The Morgan fingerprint density at radius 3 is 2.74 bits per heavy atom. The molecule has 23 heavy (non-hydrogen) atoms. The number of benzene rings is 1. The van der Waals surface area contributed by atoms with Gasteiger partial charge in [-0.15, -0.1) is 0 Å². The number of rotatable bonds is 7. The van der Waals surface area contributed by atoms with Gasteiger partial charge in [-0.25, -0.2) is 4.79 Å². The SMILES string of the molecule is COc1ccc(CNC(=O)NCCc2nc(C)no2)c(OC)c1. The van der Waals surface area contributed by atoms with Crippen molar-refractivity contribution < 1.29 is 18.8 Å². The number of nitrogens with one attached hydrogen (secondary N) is 2. The summed E-state index contributed by atoms with van der Waals surface area (Å²) in [4.78, 5) is 15.8. The molecule has 8 heteroatoms. The monoisotopic (exact) mass is 320 g/mol. The molecule has 1 aromatic carbocycles. The first-order chi connectivity index (χ1) is 11.1. The van der Waals surface area contributed by atoms with Gasteiger partial charge in [0.15, 0.2) is 5.82 Å². The summed E-state index contributed by atoms with van der Waals surface area (Å²) in [6, 6.07) is 5.15. The van der Waals surface area contributed by atoms with E-state index < -0.39 is 0 Å². The Hall–Kier alpha value is -2.77. The minimum absolute atomic E-state index is 0.279. The van der Waals surface area contributed by atoms with Gasteiger partial charge in [-0.1, -0.05) is 5.16 Å². The molecule has 0 atom stereocenters. The summed E-state index contributed by atoms with van der Waals surface area (Å²) < 4.78 is 15.4. The second-order valence-corrected chi connectivity index (χ2v) is 4.77. The maximum Gasteiger partial charge on any atom is 0.315 e. The minimum atomic E-state index is -0.279. The number of nitrogens with zero attached hydrogens (tertiary/aromatic N) is 2. The topological polar surface area (TPSA) is 98.5 Å². The van der Waals surface area contributed by atoms with E-state index in [1.807, 2.05) is 12.1 Å². The van der Waals surface area contributed by atoms with Crippen molar-refractivity contribution in [2.24, 2.45) is 0 Å². The highest BCUT2D eigenvalue weighted by molar-refractivity contribution is 5.73. The number of methoxy groups -OCH3 is 2. The van der Waals surface area contributed by atoms with E-state index in [9.17, 15) is 4.79 Å². The molecule has 2 N–H and O–H groups in total. The summed E-state index contributed by atoms with van der Waals surface area (Å²) in [5.41, 5.74) is 0.857. The quantitative estimate of drug-likeness (QED) is 0.801. The summed E-state index contributed by atoms with van der Waals surface area (Å²) in [7, 11) is 3.16. The molecule has 0 aliphatic carbocycles. The number of hydrogen-bond donors (Lipinski definition) is 2. The lowest BCUT2D eigenvalue weighted by molar-refractivity contribution is 0.240. The molecule has 0 aliphatic heterocycles. The zero-order valence-corrected chi connectivity index (χ0v) is 13.4. The van der Waals surface area contributed by atoms with Gasteiger partial charge < -0.3 is 24.6 Å². The van der Waals surface area contributed by atoms with Crippen LogP contribution < -0.4 is 20.1 Å². The summed E-state index contributed by atoms with van der Waals surface area (Å²) in [5, 5.41) is 9.18. The zero-order valence-electron chi connectivity index (χ0n) is 13.4. The number of urea groups is 1. The van der Waals surface area contributed by atoms with Crippen LogP contribution in [0.2, 0.25) is 0 Å². The summed E-state index contributed by atoms with van der Waals surface area (Å²) in [6.45, 7) is 2.50. The molecule has 2 aromatic rings. The average Bonchev–Trinajstić information content (AvgIpc) is 2.98. The number of ether oxygens (including phenoxy) is 2. The number of hydrogen-bond acceptors (Lipinski definition) is 6. The van der Waals surface area contributed by atoms with E-state index in [0.717, 1.165) is 5.56 Å². The Kier molecular flexibility index (Phi) is 5.79. The lowest BCUT2D eigenvalue weighted by Crippen LogP contribution is -2.36. The predicted molar refractivity (Wildman–Crippen MR) is 82.5 cm³/mol. The van der Waals surface area contributed by atoms with Crippen LogP contribution >= 0.6 is 0 Å². The highest BCUT2D eigenvalue weighted by Gasteiger charge is 2.08. The maximum atomic E-state index is 11.8. The van der Waals surface area contributed by atoms with Gasteiger partial charge in [0, 0.05) is 31.1 Å². The number of aromatic nitrogens is 2. The van der Waals surface area contributed by atoms with Gasteiger partial charge in [-0.05, 0) is 19.1 Å². The highest BCUT2D eigenvalue weighted by Crippen LogP contribution is 2.24. The lowest BCUT2D eigenvalue weighted by atomic mass is 10.2. The van der Waals surface area contributed by atoms with Crippen molar-refractivity contribution >= 4 is 6.03 Å². The molecule has 1 heterocycles. The summed E-state index contributed by atoms with van der Waals surface area (Å²) >= 11 is 0. The highest BCUT2D eigenvalue weighted by atomic mass is 16.5. The molecule has 8 nitrogen and oxygen atoms in total. The van der Waals surface area contributed by atoms with E-state index in [4.69, 9.17) is 14.0 Å². The van der Waals surface area contributed by atoms with Gasteiger partial charge in [-0.3, -0.25) is 0 Å². The van der Waals surface area contributed by atoms with Gasteiger partial charge in [0.1, 0.15) is 11.5 Å². The van der Waals surface area contributed by atoms with Crippen LogP contribution in [0.15, 0.2) is 22.7 Å². The first-order valence-electron chi connectivity index (χ1n) is 7.14. The lowest BCUT2D eigenvalue weighted by Gasteiger charge is -2.11. The molecule has 0 aliphatic rings. The van der Waals surface area contributed by atoms with E-state index in [0.29, 0.717) is 42.7 Å². The Morgan fingerprint density at radius 2 is 2.09 bits per heavy atom. The van der Waals surface area contributed by atoms with Crippen LogP contribution in [-0.4, -0.2) is 36.9 Å². The largest absolute Gasteiger partial charge is 0.497 e. The molecular weight excluding hydrogens is 300 g/mol. The molecule has 2 amide bonds. The first kappa shape index (κ1) is 16.6. The van der Waals surface area contributed by atoms with E-state index in [2.05, 4.69) is 20.8 Å². The third-order valence-corrected chi connectivity index (χ3v) is 3.13. The van der Waals surface area contributed by atoms with Crippen LogP contribution in [0, 0.1) is 6.92 Å². The fraction of sp³-hybridized carbons (Fsp3) is 0.400. The van der Waals surface area contributed by atoms with Crippen LogP contribution in [0.1, 0.15) is 17.3 Å². The number of aryl methyl sites for hydroxylation is 1. The van der Waals surface area contributed by atoms with Crippen molar-refractivity contribution in [2.75, 3.05) is 20.8 Å². The van der Waals surface area contributed by atoms with Crippen LogP contribution in [0.3, 0.4) is 0 Å². The van der Waals surface area contributed by atoms with Crippen LogP contribution in [0.25, 0.3) is 0 Å². The molecule has 2 rings (SSSR count). The molecule has 0 saturated heterocycles. The van der Waals surface area contributed by atoms with E-state index in [-0.39, 0.29) is 6.03 Å². The Balaban J connectivity index is 1.77. The van der Waals surface area contributed by atoms with Crippen molar-refractivity contribution in [1.29, 1.82) is 0 Å². The van der Waals surface area contributed by atoms with Crippen LogP contribution in [0.4, 0.5) is 4.79 Å². The van der Waals surface area contributed by atoms with Gasteiger partial charge in [0.2, 0.25) is 5.89 Å². The van der Waals surface area contributed by atoms with E-state index >= 15 is 0 Å². The van der Waals surface area contributed by atoms with Crippen molar-refractivity contribution in [3.63, 3.8) is 0 Å². The van der Waals surface area contributed by atoms with Crippen molar-refractivity contribution in [3.8, 4) is 11.5 Å².